The average Bonchev–Trinajstić information content (AvgIpc) is 2.77. The summed E-state index contributed by atoms with van der Waals surface area (Å²) < 4.78 is 26.5. The number of nitrogens with two attached hydrogens (primary N) is 1. The van der Waals surface area contributed by atoms with Crippen molar-refractivity contribution in [3.8, 4) is 0 Å². The van der Waals surface area contributed by atoms with Crippen molar-refractivity contribution in [3.05, 3.63) is 35.4 Å². The van der Waals surface area contributed by atoms with Gasteiger partial charge in [-0.1, -0.05) is 41.2 Å². The van der Waals surface area contributed by atoms with E-state index in [2.05, 4.69) is 14.9 Å². The summed E-state index contributed by atoms with van der Waals surface area (Å²) in [7, 11) is -3.68. The third-order valence-electron chi connectivity index (χ3n) is 2.56. The summed E-state index contributed by atoms with van der Waals surface area (Å²) in [5.74, 6) is 0. The van der Waals surface area contributed by atoms with Crippen LogP contribution in [-0.4, -0.2) is 18.6 Å². The molecule has 2 rings (SSSR count). The van der Waals surface area contributed by atoms with Gasteiger partial charge in [0.2, 0.25) is 9.47 Å². The summed E-state index contributed by atoms with van der Waals surface area (Å²) in [6.07, 6.45) is 0. The van der Waals surface area contributed by atoms with E-state index in [4.69, 9.17) is 5.73 Å². The molecule has 0 aliphatic rings. The van der Waals surface area contributed by atoms with E-state index in [0.29, 0.717) is 0 Å². The van der Waals surface area contributed by atoms with Crippen LogP contribution >= 0.6 is 11.3 Å². The van der Waals surface area contributed by atoms with E-state index in [-0.39, 0.29) is 15.5 Å². The Labute approximate surface area is 115 Å². The van der Waals surface area contributed by atoms with Gasteiger partial charge < -0.3 is 5.73 Å². The number of benzene rings is 1. The molecule has 0 bridgehead atoms. The van der Waals surface area contributed by atoms with Crippen molar-refractivity contribution >= 4 is 26.5 Å². The molecular formula is C11H14N4O2S2. The largest absolute Gasteiger partial charge is 0.374 e. The quantitative estimate of drug-likeness (QED) is 0.890. The first-order chi connectivity index (χ1) is 8.88. The topological polar surface area (TPSA) is 98.0 Å². The van der Waals surface area contributed by atoms with E-state index in [0.717, 1.165) is 22.5 Å². The molecule has 0 radical (unpaired) electrons. The van der Waals surface area contributed by atoms with Crippen LogP contribution in [0.5, 0.6) is 0 Å². The molecule has 0 amide bonds. The van der Waals surface area contributed by atoms with Crippen molar-refractivity contribution < 1.29 is 8.42 Å². The van der Waals surface area contributed by atoms with Crippen LogP contribution in [0.4, 0.5) is 5.13 Å². The first-order valence-electron chi connectivity index (χ1n) is 5.56. The van der Waals surface area contributed by atoms with Gasteiger partial charge in [-0.25, -0.2) is 13.1 Å². The molecule has 1 atom stereocenters. The van der Waals surface area contributed by atoms with Gasteiger partial charge in [0.1, 0.15) is 0 Å². The Balaban J connectivity index is 2.18. The number of nitrogens with zero attached hydrogens (tertiary/aromatic N) is 2. The molecule has 3 N–H and O–H groups in total. The Kier molecular flexibility index (Phi) is 3.83. The van der Waals surface area contributed by atoms with Crippen LogP contribution < -0.4 is 10.5 Å². The van der Waals surface area contributed by atoms with Crippen LogP contribution in [0.2, 0.25) is 0 Å². The molecule has 1 unspecified atom stereocenters. The zero-order valence-corrected chi connectivity index (χ0v) is 12.1. The lowest BCUT2D eigenvalue weighted by Gasteiger charge is -2.13. The average molecular weight is 298 g/mol. The number of hydrogen-bond acceptors (Lipinski definition) is 6. The highest BCUT2D eigenvalue weighted by Crippen LogP contribution is 2.20. The highest BCUT2D eigenvalue weighted by Gasteiger charge is 2.22. The lowest BCUT2D eigenvalue weighted by molar-refractivity contribution is 0.565. The Morgan fingerprint density at radius 2 is 1.89 bits per heavy atom. The van der Waals surface area contributed by atoms with Gasteiger partial charge in [-0.05, 0) is 19.4 Å². The molecule has 6 nitrogen and oxygen atoms in total. The summed E-state index contributed by atoms with van der Waals surface area (Å²) in [6.45, 7) is 3.75. The molecule has 8 heteroatoms. The molecule has 102 valence electrons. The van der Waals surface area contributed by atoms with Gasteiger partial charge in [-0.15, -0.1) is 10.2 Å². The maximum atomic E-state index is 12.0. The van der Waals surface area contributed by atoms with E-state index < -0.39 is 10.0 Å². The van der Waals surface area contributed by atoms with Crippen LogP contribution in [-0.2, 0) is 10.0 Å². The van der Waals surface area contributed by atoms with E-state index in [1.807, 2.05) is 31.2 Å². The van der Waals surface area contributed by atoms with Crippen molar-refractivity contribution in [1.29, 1.82) is 0 Å². The molecule has 2 aromatic rings. The van der Waals surface area contributed by atoms with Gasteiger partial charge >= 0.3 is 0 Å². The highest BCUT2D eigenvalue weighted by atomic mass is 32.2. The van der Waals surface area contributed by atoms with Crippen LogP contribution in [0.25, 0.3) is 0 Å². The van der Waals surface area contributed by atoms with E-state index in [1.54, 1.807) is 6.92 Å². The second-order valence-corrected chi connectivity index (χ2v) is 7.06. The summed E-state index contributed by atoms with van der Waals surface area (Å²) in [5, 5.41) is 7.17. The lowest BCUT2D eigenvalue weighted by atomic mass is 10.1. The molecule has 0 saturated heterocycles. The maximum absolute atomic E-state index is 12.0. The zero-order chi connectivity index (χ0) is 14.0. The van der Waals surface area contributed by atoms with Crippen molar-refractivity contribution in [2.24, 2.45) is 0 Å². The Bertz CT molecular complexity index is 664. The molecule has 1 aromatic heterocycles. The molecule has 19 heavy (non-hydrogen) atoms. The minimum atomic E-state index is -3.68. The number of hydrogen-bond donors (Lipinski definition) is 2. The Hall–Kier alpha value is -1.51. The van der Waals surface area contributed by atoms with Crippen molar-refractivity contribution in [2.45, 2.75) is 24.2 Å². The molecule has 0 spiro atoms. The zero-order valence-electron chi connectivity index (χ0n) is 10.5. The van der Waals surface area contributed by atoms with E-state index in [9.17, 15) is 8.42 Å². The van der Waals surface area contributed by atoms with Crippen molar-refractivity contribution in [2.75, 3.05) is 5.73 Å². The molecule has 0 fully saturated rings. The third-order valence-corrected chi connectivity index (χ3v) is 5.22. The van der Waals surface area contributed by atoms with Gasteiger partial charge in [0.05, 0.1) is 0 Å². The van der Waals surface area contributed by atoms with Crippen molar-refractivity contribution in [1.82, 2.24) is 14.9 Å². The Morgan fingerprint density at radius 3 is 2.42 bits per heavy atom. The number of nitrogens with one attached hydrogen (secondary N) is 1. The molecule has 1 aromatic carbocycles. The summed E-state index contributed by atoms with van der Waals surface area (Å²) in [4.78, 5) is 0. The normalized spacial score (nSPS) is 13.4. The van der Waals surface area contributed by atoms with Gasteiger partial charge in [0, 0.05) is 6.04 Å². The van der Waals surface area contributed by atoms with Gasteiger partial charge in [0.15, 0.2) is 0 Å². The Morgan fingerprint density at radius 1 is 1.26 bits per heavy atom. The second-order valence-electron chi connectivity index (χ2n) is 4.16. The molecule has 0 aliphatic heterocycles. The SMILES string of the molecule is Cc1ccc(C(C)NS(=O)(=O)c2nnc(N)s2)cc1. The van der Waals surface area contributed by atoms with Crippen molar-refractivity contribution in [3.63, 3.8) is 0 Å². The predicted octanol–water partition coefficient (Wildman–Crippen LogP) is 1.47. The smallest absolute Gasteiger partial charge is 0.270 e. The van der Waals surface area contributed by atoms with Crippen LogP contribution in [0, 0.1) is 6.92 Å². The van der Waals surface area contributed by atoms with E-state index >= 15 is 0 Å². The molecule has 1 heterocycles. The lowest BCUT2D eigenvalue weighted by Crippen LogP contribution is -2.26. The third kappa shape index (κ3) is 3.28. The minimum absolute atomic E-state index is 0.121. The van der Waals surface area contributed by atoms with Gasteiger partial charge in [-0.3, -0.25) is 0 Å². The standard InChI is InChI=1S/C11H14N4O2S2/c1-7-3-5-9(6-4-7)8(2)15-19(16,17)11-14-13-10(12)18-11/h3-6,8,15H,1-2H3,(H2,12,13). The number of nitrogen functional groups attached to an aromatic ring is 1. The van der Waals surface area contributed by atoms with E-state index in [1.165, 1.54) is 0 Å². The molecule has 0 saturated carbocycles. The van der Waals surface area contributed by atoms with Gasteiger partial charge in [0.25, 0.3) is 10.0 Å². The number of aromatic nitrogens is 2. The summed E-state index contributed by atoms with van der Waals surface area (Å²) in [5.41, 5.74) is 7.39. The van der Waals surface area contributed by atoms with Gasteiger partial charge in [-0.2, -0.15) is 0 Å². The minimum Gasteiger partial charge on any atom is -0.374 e. The fraction of sp³-hybridized carbons (Fsp3) is 0.273. The fourth-order valence-electron chi connectivity index (χ4n) is 1.54. The first kappa shape index (κ1) is 13.9. The van der Waals surface area contributed by atoms with Crippen LogP contribution in [0.15, 0.2) is 28.6 Å². The number of sulfonamides is 1. The molecule has 0 aliphatic carbocycles. The monoisotopic (exact) mass is 298 g/mol. The highest BCUT2D eigenvalue weighted by molar-refractivity contribution is 7.91. The number of anilines is 1. The van der Waals surface area contributed by atoms with Crippen LogP contribution in [0.3, 0.4) is 0 Å². The first-order valence-corrected chi connectivity index (χ1v) is 7.86. The second kappa shape index (κ2) is 5.24. The predicted molar refractivity (Wildman–Crippen MR) is 74.2 cm³/mol. The molecular weight excluding hydrogens is 284 g/mol. The number of rotatable bonds is 4. The fourth-order valence-corrected chi connectivity index (χ4v) is 3.57. The number of aryl methyl sites for hydroxylation is 1. The summed E-state index contributed by atoms with van der Waals surface area (Å²) >= 11 is 0.839. The van der Waals surface area contributed by atoms with Crippen LogP contribution in [0.1, 0.15) is 24.1 Å². The maximum Gasteiger partial charge on any atom is 0.270 e. The summed E-state index contributed by atoms with van der Waals surface area (Å²) in [6, 6.07) is 7.29.